The highest BCUT2D eigenvalue weighted by Gasteiger charge is 2.19. The molecule has 3 rings (SSSR count). The van der Waals surface area contributed by atoms with Crippen molar-refractivity contribution in [1.82, 2.24) is 9.88 Å². The highest BCUT2D eigenvalue weighted by atomic mass is 35.5. The summed E-state index contributed by atoms with van der Waals surface area (Å²) >= 11 is 12.7. The number of carbonyl (C=O) groups excluding carboxylic acids is 2. The second-order valence-electron chi connectivity index (χ2n) is 6.60. The fraction of sp³-hybridized carbons (Fsp3) is 0.227. The first-order chi connectivity index (χ1) is 13.9. The summed E-state index contributed by atoms with van der Waals surface area (Å²) in [4.78, 5) is 30.7. The van der Waals surface area contributed by atoms with Gasteiger partial charge in [0.1, 0.15) is 5.82 Å². The lowest BCUT2D eigenvalue weighted by Crippen LogP contribution is -2.26. The van der Waals surface area contributed by atoms with Crippen LogP contribution in [0.2, 0.25) is 10.0 Å². The molecule has 0 aliphatic heterocycles. The molecule has 7 heteroatoms. The van der Waals surface area contributed by atoms with Gasteiger partial charge in [-0.05, 0) is 31.2 Å². The molecule has 2 aromatic carbocycles. The second-order valence-corrected chi connectivity index (χ2v) is 7.41. The zero-order valence-corrected chi connectivity index (χ0v) is 17.9. The number of ketones is 1. The molecule has 1 N–H and O–H groups in total. The van der Waals surface area contributed by atoms with Crippen LogP contribution >= 0.6 is 23.2 Å². The van der Waals surface area contributed by atoms with Crippen LogP contribution in [0.25, 0.3) is 10.8 Å². The summed E-state index contributed by atoms with van der Waals surface area (Å²) in [7, 11) is 1.73. The molecule has 0 fully saturated rings. The van der Waals surface area contributed by atoms with Gasteiger partial charge in [-0.15, -0.1) is 0 Å². The second kappa shape index (κ2) is 8.80. The van der Waals surface area contributed by atoms with E-state index in [1.54, 1.807) is 43.1 Å². The maximum absolute atomic E-state index is 12.7. The van der Waals surface area contributed by atoms with Crippen molar-refractivity contribution in [2.75, 3.05) is 18.9 Å². The smallest absolute Gasteiger partial charge is 0.255 e. The van der Waals surface area contributed by atoms with Crippen LogP contribution in [0.5, 0.6) is 0 Å². The van der Waals surface area contributed by atoms with E-state index < -0.39 is 0 Å². The maximum Gasteiger partial charge on any atom is 0.255 e. The quantitative estimate of drug-likeness (QED) is 0.490. The van der Waals surface area contributed by atoms with Crippen LogP contribution in [-0.2, 0) is 0 Å². The minimum absolute atomic E-state index is 0.0141. The number of amides is 1. The maximum atomic E-state index is 12.7. The van der Waals surface area contributed by atoms with E-state index in [1.165, 1.54) is 6.20 Å². The van der Waals surface area contributed by atoms with Gasteiger partial charge in [-0.3, -0.25) is 9.59 Å². The summed E-state index contributed by atoms with van der Waals surface area (Å²) in [5.41, 5.74) is 1.62. The third-order valence-electron chi connectivity index (χ3n) is 4.77. The van der Waals surface area contributed by atoms with E-state index >= 15 is 0 Å². The Kier molecular flexibility index (Phi) is 6.40. The van der Waals surface area contributed by atoms with Crippen molar-refractivity contribution in [3.8, 4) is 0 Å². The van der Waals surface area contributed by atoms with E-state index in [0.717, 1.165) is 5.39 Å². The predicted molar refractivity (Wildman–Crippen MR) is 119 cm³/mol. The summed E-state index contributed by atoms with van der Waals surface area (Å²) in [5.74, 6) is 0.388. The molecule has 0 bridgehead atoms. The van der Waals surface area contributed by atoms with Crippen molar-refractivity contribution in [2.45, 2.75) is 20.3 Å². The number of pyridine rings is 1. The van der Waals surface area contributed by atoms with Gasteiger partial charge in [-0.1, -0.05) is 42.3 Å². The third kappa shape index (κ3) is 4.21. The molecule has 0 unspecified atom stereocenters. The highest BCUT2D eigenvalue weighted by Crippen LogP contribution is 2.33. The number of nitrogens with zero attached hydrogens (tertiary/aromatic N) is 2. The van der Waals surface area contributed by atoms with E-state index in [4.69, 9.17) is 23.2 Å². The van der Waals surface area contributed by atoms with Crippen LogP contribution in [0.3, 0.4) is 0 Å². The molecule has 1 heterocycles. The van der Waals surface area contributed by atoms with E-state index in [0.29, 0.717) is 51.0 Å². The fourth-order valence-electron chi connectivity index (χ4n) is 3.02. The summed E-state index contributed by atoms with van der Waals surface area (Å²) in [6.45, 7) is 4.28. The first kappa shape index (κ1) is 21.1. The van der Waals surface area contributed by atoms with Crippen LogP contribution in [0, 0.1) is 0 Å². The summed E-state index contributed by atoms with van der Waals surface area (Å²) < 4.78 is 0. The molecule has 5 nitrogen and oxygen atoms in total. The van der Waals surface area contributed by atoms with Crippen LogP contribution in [-0.4, -0.2) is 35.2 Å². The van der Waals surface area contributed by atoms with Gasteiger partial charge in [0, 0.05) is 53.3 Å². The zero-order valence-electron chi connectivity index (χ0n) is 16.4. The van der Waals surface area contributed by atoms with Crippen molar-refractivity contribution < 1.29 is 9.59 Å². The molecule has 1 aromatic heterocycles. The van der Waals surface area contributed by atoms with Gasteiger partial charge in [-0.25, -0.2) is 4.98 Å². The van der Waals surface area contributed by atoms with Crippen LogP contribution in [0.1, 0.15) is 41.0 Å². The number of nitrogens with one attached hydrogen (secondary N) is 1. The van der Waals surface area contributed by atoms with Gasteiger partial charge >= 0.3 is 0 Å². The van der Waals surface area contributed by atoms with E-state index in [9.17, 15) is 9.59 Å². The molecule has 29 heavy (non-hydrogen) atoms. The van der Waals surface area contributed by atoms with Crippen molar-refractivity contribution >= 4 is 57.2 Å². The molecule has 0 aliphatic rings. The van der Waals surface area contributed by atoms with Gasteiger partial charge < -0.3 is 10.2 Å². The fourth-order valence-corrected chi connectivity index (χ4v) is 3.58. The van der Waals surface area contributed by atoms with Crippen LogP contribution in [0.4, 0.5) is 11.5 Å². The Balaban J connectivity index is 2.06. The van der Waals surface area contributed by atoms with Crippen molar-refractivity contribution in [2.24, 2.45) is 0 Å². The molecule has 0 saturated carbocycles. The summed E-state index contributed by atoms with van der Waals surface area (Å²) in [5, 5.41) is 5.43. The van der Waals surface area contributed by atoms with Gasteiger partial charge in [-0.2, -0.15) is 0 Å². The number of benzene rings is 2. The third-order valence-corrected chi connectivity index (χ3v) is 5.39. The zero-order chi connectivity index (χ0) is 21.1. The monoisotopic (exact) mass is 429 g/mol. The first-order valence-electron chi connectivity index (χ1n) is 9.29. The summed E-state index contributed by atoms with van der Waals surface area (Å²) in [6, 6.07) is 10.6. The number of hydrogen-bond donors (Lipinski definition) is 1. The molecule has 0 saturated heterocycles. The van der Waals surface area contributed by atoms with E-state index in [1.807, 2.05) is 19.1 Å². The number of fused-ring (bicyclic) bond motifs is 1. The van der Waals surface area contributed by atoms with Crippen LogP contribution in [0.15, 0.2) is 42.6 Å². The lowest BCUT2D eigenvalue weighted by molar-refractivity contribution is 0.0803. The molecule has 1 amide bonds. The molecule has 3 aromatic rings. The number of hydrogen-bond acceptors (Lipinski definition) is 4. The molecular weight excluding hydrogens is 409 g/mol. The molecule has 0 radical (unpaired) electrons. The molecule has 0 spiro atoms. The van der Waals surface area contributed by atoms with Crippen molar-refractivity contribution in [3.63, 3.8) is 0 Å². The minimum Gasteiger partial charge on any atom is -0.342 e. The van der Waals surface area contributed by atoms with Crippen LogP contribution < -0.4 is 5.32 Å². The van der Waals surface area contributed by atoms with Gasteiger partial charge in [0.2, 0.25) is 0 Å². The molecule has 150 valence electrons. The number of aromatic nitrogens is 1. The number of rotatable bonds is 6. The topological polar surface area (TPSA) is 62.3 Å². The van der Waals surface area contributed by atoms with Gasteiger partial charge in [0.05, 0.1) is 10.6 Å². The number of anilines is 2. The van der Waals surface area contributed by atoms with Gasteiger partial charge in [0.25, 0.3) is 5.91 Å². The Labute approximate surface area is 179 Å². The Morgan fingerprint density at radius 2 is 1.83 bits per heavy atom. The SMILES string of the molecule is CCC(=O)c1ccc(Nc2ncc(C(=O)N(C)CC)c3c(Cl)cccc23)cc1Cl. The highest BCUT2D eigenvalue weighted by molar-refractivity contribution is 6.37. The minimum atomic E-state index is -0.143. The Hall–Kier alpha value is -2.63. The standard InChI is InChI=1S/C22H21Cl2N3O2/c1-4-19(28)14-10-9-13(11-18(14)24)26-21-15-7-6-8-17(23)20(15)16(12-25-21)22(29)27(3)5-2/h6-12H,4-5H2,1-3H3,(H,25,26). The van der Waals surface area contributed by atoms with E-state index in [2.05, 4.69) is 10.3 Å². The first-order valence-corrected chi connectivity index (χ1v) is 10.0. The van der Waals surface area contributed by atoms with Gasteiger partial charge in [0.15, 0.2) is 5.78 Å². The number of halogens is 2. The lowest BCUT2D eigenvalue weighted by atomic mass is 10.1. The Bertz CT molecular complexity index is 1100. The summed E-state index contributed by atoms with van der Waals surface area (Å²) in [6.07, 6.45) is 1.92. The largest absolute Gasteiger partial charge is 0.342 e. The molecular formula is C22H21Cl2N3O2. The average Bonchev–Trinajstić information content (AvgIpc) is 2.72. The normalized spacial score (nSPS) is 10.8. The molecule has 0 aliphatic carbocycles. The predicted octanol–water partition coefficient (Wildman–Crippen LogP) is 5.97. The Morgan fingerprint density at radius 1 is 1.07 bits per heavy atom. The lowest BCUT2D eigenvalue weighted by Gasteiger charge is -2.18. The van der Waals surface area contributed by atoms with Crippen molar-refractivity contribution in [1.29, 1.82) is 0 Å². The number of Topliss-reactive ketones (excluding diaryl/α,β-unsaturated/α-hetero) is 1. The molecule has 0 atom stereocenters. The average molecular weight is 430 g/mol. The Morgan fingerprint density at radius 3 is 2.48 bits per heavy atom. The van der Waals surface area contributed by atoms with Crippen molar-refractivity contribution in [3.05, 3.63) is 63.8 Å². The van der Waals surface area contributed by atoms with E-state index in [-0.39, 0.29) is 11.7 Å². The number of carbonyl (C=O) groups is 2.